The van der Waals surface area contributed by atoms with E-state index in [1.54, 1.807) is 12.5 Å². The first kappa shape index (κ1) is 18.3. The molecule has 0 unspecified atom stereocenters. The Morgan fingerprint density at radius 2 is 2.03 bits per heavy atom. The summed E-state index contributed by atoms with van der Waals surface area (Å²) in [5, 5.41) is 13.4. The lowest BCUT2D eigenvalue weighted by Gasteiger charge is -2.33. The predicted molar refractivity (Wildman–Crippen MR) is 115 cm³/mol. The number of fused-ring (bicyclic) bond motifs is 1. The number of nitrogens with zero attached hydrogens (tertiary/aromatic N) is 3. The average Bonchev–Trinajstić information content (AvgIpc) is 3.19. The number of hydrogen-bond donors (Lipinski definition) is 3. The lowest BCUT2D eigenvalue weighted by molar-refractivity contribution is -0.144. The molecular formula is C23H21N5O2. The van der Waals surface area contributed by atoms with Crippen LogP contribution in [0.15, 0.2) is 55.0 Å². The molecule has 5 rings (SSSR count). The zero-order chi connectivity index (χ0) is 20.7. The molecule has 3 heterocycles. The van der Waals surface area contributed by atoms with Gasteiger partial charge in [-0.2, -0.15) is 0 Å². The Balaban J connectivity index is 1.44. The van der Waals surface area contributed by atoms with Gasteiger partial charge >= 0.3 is 5.97 Å². The quantitative estimate of drug-likeness (QED) is 0.463. The van der Waals surface area contributed by atoms with Crippen LogP contribution in [0.3, 0.4) is 0 Å². The highest BCUT2D eigenvalue weighted by molar-refractivity contribution is 5.88. The van der Waals surface area contributed by atoms with Crippen LogP contribution in [0.25, 0.3) is 33.5 Å². The summed E-state index contributed by atoms with van der Waals surface area (Å²) in [6, 6.07) is 14.2. The number of aromatic amines is 1. The van der Waals surface area contributed by atoms with E-state index in [0.29, 0.717) is 12.8 Å². The van der Waals surface area contributed by atoms with Crippen molar-refractivity contribution in [2.24, 2.45) is 5.92 Å². The number of hydrogen-bond acceptors (Lipinski definition) is 5. The SMILES string of the molecule is Cc1cccc(-c2[nH]cnc2-c2ccc3ncc(N[C@H]4C[C@@H](C(=O)O)C4)cc3c2)n1. The Kier molecular flexibility index (Phi) is 4.43. The van der Waals surface area contributed by atoms with E-state index in [4.69, 9.17) is 5.11 Å². The van der Waals surface area contributed by atoms with Crippen molar-refractivity contribution in [1.29, 1.82) is 0 Å². The first-order valence-electron chi connectivity index (χ1n) is 9.94. The van der Waals surface area contributed by atoms with E-state index in [1.807, 2.05) is 37.3 Å². The molecule has 0 radical (unpaired) electrons. The molecule has 7 nitrogen and oxygen atoms in total. The minimum Gasteiger partial charge on any atom is -0.481 e. The van der Waals surface area contributed by atoms with Crippen molar-refractivity contribution in [3.8, 4) is 22.6 Å². The third kappa shape index (κ3) is 3.39. The molecule has 0 spiro atoms. The number of rotatable bonds is 5. The standard InChI is InChI=1S/C23H21N5O2/c1-13-3-2-4-20(27-13)22-21(25-12-26-22)14-5-6-19-15(7-14)8-18(11-24-19)28-17-9-16(10-17)23(29)30/h2-8,11-12,16-17,28H,9-10H2,1H3,(H,25,26)(H,29,30)/t16-,17+. The molecular weight excluding hydrogens is 378 g/mol. The van der Waals surface area contributed by atoms with Gasteiger partial charge in [0.1, 0.15) is 0 Å². The second kappa shape index (κ2) is 7.26. The summed E-state index contributed by atoms with van der Waals surface area (Å²) >= 11 is 0. The van der Waals surface area contributed by atoms with E-state index < -0.39 is 5.97 Å². The van der Waals surface area contributed by atoms with E-state index in [-0.39, 0.29) is 12.0 Å². The number of anilines is 1. The summed E-state index contributed by atoms with van der Waals surface area (Å²) in [6.45, 7) is 1.97. The fourth-order valence-corrected chi connectivity index (χ4v) is 3.92. The lowest BCUT2D eigenvalue weighted by Crippen LogP contribution is -2.39. The molecule has 0 aliphatic heterocycles. The van der Waals surface area contributed by atoms with Crippen molar-refractivity contribution >= 4 is 22.6 Å². The number of benzene rings is 1. The van der Waals surface area contributed by atoms with Gasteiger partial charge in [0.2, 0.25) is 0 Å². The van der Waals surface area contributed by atoms with E-state index in [9.17, 15) is 4.79 Å². The minimum atomic E-state index is -0.716. The number of imidazole rings is 1. The monoisotopic (exact) mass is 399 g/mol. The average molecular weight is 399 g/mol. The molecule has 3 N–H and O–H groups in total. The van der Waals surface area contributed by atoms with Crippen LogP contribution in [0, 0.1) is 12.8 Å². The summed E-state index contributed by atoms with van der Waals surface area (Å²) in [6.07, 6.45) is 4.78. The Morgan fingerprint density at radius 3 is 2.83 bits per heavy atom. The molecule has 0 saturated heterocycles. The number of pyridine rings is 2. The van der Waals surface area contributed by atoms with Crippen molar-refractivity contribution in [1.82, 2.24) is 19.9 Å². The molecule has 4 aromatic rings. The molecule has 0 atom stereocenters. The van der Waals surface area contributed by atoms with Gasteiger partial charge in [0.25, 0.3) is 0 Å². The van der Waals surface area contributed by atoms with Crippen LogP contribution < -0.4 is 5.32 Å². The number of aromatic nitrogens is 4. The fraction of sp³-hybridized carbons (Fsp3) is 0.217. The summed E-state index contributed by atoms with van der Waals surface area (Å²) in [4.78, 5) is 27.9. The first-order valence-corrected chi connectivity index (χ1v) is 9.94. The summed E-state index contributed by atoms with van der Waals surface area (Å²) in [5.41, 5.74) is 6.31. The van der Waals surface area contributed by atoms with Crippen LogP contribution in [0.2, 0.25) is 0 Å². The van der Waals surface area contributed by atoms with E-state index in [1.165, 1.54) is 0 Å². The van der Waals surface area contributed by atoms with Crippen molar-refractivity contribution in [3.63, 3.8) is 0 Å². The molecule has 1 saturated carbocycles. The number of carbonyl (C=O) groups is 1. The van der Waals surface area contributed by atoms with Crippen molar-refractivity contribution in [2.75, 3.05) is 5.32 Å². The summed E-state index contributed by atoms with van der Waals surface area (Å²) in [7, 11) is 0. The number of aliphatic carboxylic acids is 1. The van der Waals surface area contributed by atoms with Crippen LogP contribution in [0.1, 0.15) is 18.5 Å². The van der Waals surface area contributed by atoms with Crippen molar-refractivity contribution in [2.45, 2.75) is 25.8 Å². The highest BCUT2D eigenvalue weighted by atomic mass is 16.4. The van der Waals surface area contributed by atoms with E-state index in [0.717, 1.165) is 44.9 Å². The van der Waals surface area contributed by atoms with Crippen LogP contribution in [0.5, 0.6) is 0 Å². The maximum Gasteiger partial charge on any atom is 0.306 e. The van der Waals surface area contributed by atoms with Gasteiger partial charge in [-0.05, 0) is 50.1 Å². The van der Waals surface area contributed by atoms with Gasteiger partial charge < -0.3 is 15.4 Å². The van der Waals surface area contributed by atoms with E-state index in [2.05, 4.69) is 37.4 Å². The molecule has 1 aliphatic rings. The molecule has 150 valence electrons. The number of H-pyrrole nitrogens is 1. The van der Waals surface area contributed by atoms with Crippen LogP contribution in [-0.2, 0) is 4.79 Å². The second-order valence-electron chi connectivity index (χ2n) is 7.77. The highest BCUT2D eigenvalue weighted by Gasteiger charge is 2.34. The van der Waals surface area contributed by atoms with Gasteiger partial charge in [0.15, 0.2) is 0 Å². The van der Waals surface area contributed by atoms with Crippen molar-refractivity contribution < 1.29 is 9.90 Å². The zero-order valence-electron chi connectivity index (χ0n) is 16.5. The van der Waals surface area contributed by atoms with Crippen LogP contribution >= 0.6 is 0 Å². The normalized spacial score (nSPS) is 18.2. The molecule has 7 heteroatoms. The third-order valence-corrected chi connectivity index (χ3v) is 5.60. The van der Waals surface area contributed by atoms with Gasteiger partial charge in [0.05, 0.1) is 46.7 Å². The van der Waals surface area contributed by atoms with Crippen molar-refractivity contribution in [3.05, 3.63) is 60.7 Å². The Bertz CT molecular complexity index is 1240. The Morgan fingerprint density at radius 1 is 1.17 bits per heavy atom. The van der Waals surface area contributed by atoms with Gasteiger partial charge in [-0.15, -0.1) is 0 Å². The summed E-state index contributed by atoms with van der Waals surface area (Å²) < 4.78 is 0. The molecule has 1 aromatic carbocycles. The van der Waals surface area contributed by atoms with Gasteiger partial charge in [-0.1, -0.05) is 12.1 Å². The maximum absolute atomic E-state index is 11.0. The summed E-state index contributed by atoms with van der Waals surface area (Å²) in [5.74, 6) is -0.955. The van der Waals surface area contributed by atoms with Crippen LogP contribution in [-0.4, -0.2) is 37.1 Å². The molecule has 0 bridgehead atoms. The largest absolute Gasteiger partial charge is 0.481 e. The van der Waals surface area contributed by atoms with Gasteiger partial charge in [-0.25, -0.2) is 4.98 Å². The molecule has 0 amide bonds. The Hall–Kier alpha value is -3.74. The van der Waals surface area contributed by atoms with E-state index >= 15 is 0 Å². The maximum atomic E-state index is 11.0. The van der Waals surface area contributed by atoms with Gasteiger partial charge in [-0.3, -0.25) is 14.8 Å². The first-order chi connectivity index (χ1) is 14.6. The fourth-order valence-electron chi connectivity index (χ4n) is 3.92. The number of nitrogens with one attached hydrogen (secondary N) is 2. The minimum absolute atomic E-state index is 0.180. The smallest absolute Gasteiger partial charge is 0.306 e. The Labute approximate surface area is 173 Å². The molecule has 1 aliphatic carbocycles. The molecule has 3 aromatic heterocycles. The topological polar surface area (TPSA) is 104 Å². The molecule has 30 heavy (non-hydrogen) atoms. The number of aryl methyl sites for hydroxylation is 1. The zero-order valence-corrected chi connectivity index (χ0v) is 16.5. The predicted octanol–water partition coefficient (Wildman–Crippen LogP) is 4.27. The lowest BCUT2D eigenvalue weighted by atomic mass is 9.80. The second-order valence-corrected chi connectivity index (χ2v) is 7.77. The number of carboxylic acids is 1. The molecule has 1 fully saturated rings. The third-order valence-electron chi connectivity index (χ3n) is 5.60. The number of carboxylic acid groups (broad SMARTS) is 1. The van der Waals surface area contributed by atoms with Crippen LogP contribution in [0.4, 0.5) is 5.69 Å². The highest BCUT2D eigenvalue weighted by Crippen LogP contribution is 2.33. The van der Waals surface area contributed by atoms with Gasteiger partial charge in [0, 0.05) is 22.7 Å².